The fourth-order valence-corrected chi connectivity index (χ4v) is 8.00. The molecule has 2 aliphatic heterocycles. The van der Waals surface area contributed by atoms with Crippen molar-refractivity contribution >= 4 is 53.3 Å². The van der Waals surface area contributed by atoms with Gasteiger partial charge in [0.15, 0.2) is 0 Å². The Morgan fingerprint density at radius 2 is 1.34 bits per heavy atom. The zero-order chi connectivity index (χ0) is 50.7. The van der Waals surface area contributed by atoms with Crippen molar-refractivity contribution in [1.29, 1.82) is 0 Å². The molecule has 2 saturated heterocycles. The second kappa shape index (κ2) is 26.8. The highest BCUT2D eigenvalue weighted by atomic mass is 16.5. The van der Waals surface area contributed by atoms with E-state index in [-0.39, 0.29) is 59.2 Å². The Bertz CT molecular complexity index is 2100. The quantitative estimate of drug-likeness (QED) is 0.0798. The van der Waals surface area contributed by atoms with Gasteiger partial charge in [-0.1, -0.05) is 86.1 Å². The third kappa shape index (κ3) is 16.2. The van der Waals surface area contributed by atoms with E-state index in [0.717, 1.165) is 42.5 Å². The number of ether oxygens (including phenoxy) is 2. The summed E-state index contributed by atoms with van der Waals surface area (Å²) in [7, 11) is 4.40. The van der Waals surface area contributed by atoms with Gasteiger partial charge < -0.3 is 55.5 Å². The van der Waals surface area contributed by atoms with Crippen molar-refractivity contribution in [2.45, 2.75) is 123 Å². The molecule has 0 saturated carbocycles. The number of nitrogens with one attached hydrogen (secondary N) is 4. The highest BCUT2D eigenvalue weighted by molar-refractivity contribution is 5.98. The molecule has 3 aromatic carbocycles. The molecule has 5 amide bonds. The number of likely N-dealkylation sites (N-methyl/N-ethyl adjacent to an activating group) is 1. The Hall–Kier alpha value is -6.36. The lowest BCUT2D eigenvalue weighted by Gasteiger charge is -2.35. The van der Waals surface area contributed by atoms with Crippen LogP contribution in [-0.2, 0) is 34.1 Å². The molecule has 0 radical (unpaired) electrons. The van der Waals surface area contributed by atoms with E-state index in [2.05, 4.69) is 56.4 Å². The molecule has 0 aliphatic carbocycles. The number of hydrogen-bond donors (Lipinski definition) is 6. The molecule has 5 rings (SSSR count). The van der Waals surface area contributed by atoms with Crippen molar-refractivity contribution in [3.05, 3.63) is 77.4 Å². The number of carbonyl (C=O) groups excluding carboxylic acids is 6. The lowest BCUT2D eigenvalue weighted by atomic mass is 9.86. The highest BCUT2D eigenvalue weighted by Gasteiger charge is 2.39. The van der Waals surface area contributed by atoms with E-state index in [4.69, 9.17) is 0 Å². The summed E-state index contributed by atoms with van der Waals surface area (Å²) in [5.41, 5.74) is 4.01. The molecular formula is C51H75N7O10. The highest BCUT2D eigenvalue weighted by Crippen LogP contribution is 2.53. The average molecular weight is 946 g/mol. The molecule has 0 aromatic heterocycles. The molecule has 3 aromatic rings. The Kier molecular flexibility index (Phi) is 22.1. The monoisotopic (exact) mass is 946 g/mol. The van der Waals surface area contributed by atoms with Crippen molar-refractivity contribution < 1.29 is 48.5 Å². The van der Waals surface area contributed by atoms with Crippen molar-refractivity contribution in [2.75, 3.05) is 63.0 Å². The first-order valence-electron chi connectivity index (χ1n) is 23.5. The molecule has 4 atom stereocenters. The number of phenolic OH excluding ortho intramolecular Hbond substituents is 2. The summed E-state index contributed by atoms with van der Waals surface area (Å²) in [6.07, 6.45) is 4.25. The van der Waals surface area contributed by atoms with Crippen LogP contribution in [0, 0.1) is 5.92 Å². The van der Waals surface area contributed by atoms with E-state index < -0.39 is 24.3 Å². The van der Waals surface area contributed by atoms with Crippen molar-refractivity contribution in [2.24, 2.45) is 5.92 Å². The van der Waals surface area contributed by atoms with Crippen LogP contribution in [0.5, 0.6) is 11.5 Å². The number of methoxy groups -OCH3 is 2. The normalized spacial score (nSPS) is 16.9. The van der Waals surface area contributed by atoms with Gasteiger partial charge >= 0.3 is 12.2 Å². The van der Waals surface area contributed by atoms with E-state index in [1.165, 1.54) is 25.5 Å². The average Bonchev–Trinajstić information content (AvgIpc) is 3.96. The van der Waals surface area contributed by atoms with Crippen LogP contribution in [0.3, 0.4) is 0 Å². The lowest BCUT2D eigenvalue weighted by Crippen LogP contribution is -2.47. The molecule has 6 N–H and O–H groups in total. The van der Waals surface area contributed by atoms with Crippen molar-refractivity contribution in [1.82, 2.24) is 20.4 Å². The molecule has 17 heteroatoms. The number of anilines is 3. The van der Waals surface area contributed by atoms with Crippen molar-refractivity contribution in [3.8, 4) is 11.5 Å². The van der Waals surface area contributed by atoms with Gasteiger partial charge in [-0.05, 0) is 110 Å². The van der Waals surface area contributed by atoms with Gasteiger partial charge in [0.25, 0.3) is 0 Å². The van der Waals surface area contributed by atoms with Crippen LogP contribution in [-0.4, -0.2) is 116 Å². The zero-order valence-electron chi connectivity index (χ0n) is 41.8. The van der Waals surface area contributed by atoms with Crippen LogP contribution < -0.4 is 26.2 Å². The van der Waals surface area contributed by atoms with Gasteiger partial charge in [-0.2, -0.15) is 0 Å². The summed E-state index contributed by atoms with van der Waals surface area (Å²) < 4.78 is 8.86. The minimum absolute atomic E-state index is 0.0155. The summed E-state index contributed by atoms with van der Waals surface area (Å²) in [6, 6.07) is 17.1. The number of aldehydes is 1. The van der Waals surface area contributed by atoms with E-state index in [1.54, 1.807) is 12.1 Å². The molecule has 2 aliphatic rings. The van der Waals surface area contributed by atoms with Crippen molar-refractivity contribution in [3.63, 3.8) is 0 Å². The Labute approximate surface area is 402 Å². The van der Waals surface area contributed by atoms with Crippen LogP contribution in [0.15, 0.2) is 60.7 Å². The number of phenols is 2. The van der Waals surface area contributed by atoms with Crippen LogP contribution in [0.2, 0.25) is 0 Å². The fraction of sp³-hybridized carbons (Fsp3) is 0.529. The summed E-state index contributed by atoms with van der Waals surface area (Å²) >= 11 is 0. The van der Waals surface area contributed by atoms with Crippen LogP contribution in [0.25, 0.3) is 0 Å². The number of likely N-dealkylation sites (tertiary alicyclic amines) is 1. The first-order valence-corrected chi connectivity index (χ1v) is 23.5. The van der Waals surface area contributed by atoms with Crippen LogP contribution >= 0.6 is 0 Å². The lowest BCUT2D eigenvalue weighted by molar-refractivity contribution is -0.135. The predicted octanol–water partition coefficient (Wildman–Crippen LogP) is 8.03. The molecule has 68 heavy (non-hydrogen) atoms. The molecule has 0 bridgehead atoms. The predicted molar refractivity (Wildman–Crippen MR) is 265 cm³/mol. The minimum atomic E-state index is -0.715. The number of rotatable bonds is 15. The molecule has 2 heterocycles. The maximum absolute atomic E-state index is 13.3. The molecule has 374 valence electrons. The Balaban J connectivity index is 0.000000761. The molecule has 3 unspecified atom stereocenters. The maximum Gasteiger partial charge on any atom is 0.407 e. The van der Waals surface area contributed by atoms with Gasteiger partial charge in [0.1, 0.15) is 36.1 Å². The van der Waals surface area contributed by atoms with Gasteiger partial charge in [-0.25, -0.2) is 9.59 Å². The minimum Gasteiger partial charge on any atom is -0.506 e. The topological polar surface area (TPSA) is 219 Å². The molecule has 17 nitrogen and oxygen atoms in total. The number of benzene rings is 3. The standard InChI is InChI=1S/C41H54N6O7.C7H13NO3.C3H8/c1-7-20-45(5)25-36(50)43-29-14-10-26(11-15-29)31-18-19-32(47(31)38-34(48)22-28(23-35(38)49)41(2,3)4)27-12-16-30(17-13-27)44-39(52)33-9-8-21-46(33)37(51)24-42-40(53)54-6;1-5(2)6(4-9)8-7(10)11-3;1-3-2/h10-17,22-23,31-33,48-49H,7-9,18-21,24-25H2,1-6H3,(H,42,53)(H,43,50)(H,44,52);4-6H,1-3H3,(H,8,10);3H2,1-2H3/t31-,32?,33?;;/m0../s1. The summed E-state index contributed by atoms with van der Waals surface area (Å²) in [4.78, 5) is 76.6. The first kappa shape index (κ1) is 56.0. The third-order valence-corrected chi connectivity index (χ3v) is 11.5. The van der Waals surface area contributed by atoms with Gasteiger partial charge in [0.2, 0.25) is 17.7 Å². The maximum atomic E-state index is 13.3. The molecule has 0 spiro atoms. The van der Waals surface area contributed by atoms with Gasteiger partial charge in [-0.3, -0.25) is 19.3 Å². The third-order valence-electron chi connectivity index (χ3n) is 11.5. The SMILES string of the molecule is CCC.CCCN(C)CC(=O)Nc1ccc([C@@H]2CCC(c3ccc(NC(=O)C4CCCN4C(=O)CNC(=O)OC)cc3)N2c2c(O)cc(C(C)(C)C)cc2O)cc1.COC(=O)NC(C=O)C(C)C. The summed E-state index contributed by atoms with van der Waals surface area (Å²) in [5.74, 6) is -0.698. The van der Waals surface area contributed by atoms with E-state index in [0.29, 0.717) is 49.3 Å². The number of alkyl carbamates (subject to hydrolysis) is 2. The second-order valence-electron chi connectivity index (χ2n) is 18.5. The van der Waals surface area contributed by atoms with Gasteiger partial charge in [0, 0.05) is 17.9 Å². The number of hydrogen-bond acceptors (Lipinski definition) is 12. The first-order chi connectivity index (χ1) is 32.2. The van der Waals surface area contributed by atoms with E-state index in [1.807, 2.05) is 95.1 Å². The van der Waals surface area contributed by atoms with Crippen LogP contribution in [0.1, 0.15) is 123 Å². The molecular weight excluding hydrogens is 871 g/mol. The fourth-order valence-electron chi connectivity index (χ4n) is 8.00. The summed E-state index contributed by atoms with van der Waals surface area (Å²) in [5, 5.41) is 33.7. The van der Waals surface area contributed by atoms with Crippen LogP contribution in [0.4, 0.5) is 26.7 Å². The second-order valence-corrected chi connectivity index (χ2v) is 18.5. The summed E-state index contributed by atoms with van der Waals surface area (Å²) in [6.45, 7) is 17.4. The zero-order valence-corrected chi connectivity index (χ0v) is 41.8. The largest absolute Gasteiger partial charge is 0.506 e. The smallest absolute Gasteiger partial charge is 0.407 e. The number of amides is 5. The Morgan fingerprint density at radius 3 is 1.79 bits per heavy atom. The number of aromatic hydroxyl groups is 2. The van der Waals surface area contributed by atoms with Gasteiger partial charge in [0.05, 0.1) is 38.9 Å². The van der Waals surface area contributed by atoms with E-state index >= 15 is 0 Å². The Morgan fingerprint density at radius 1 is 0.824 bits per heavy atom. The number of nitrogens with zero attached hydrogens (tertiary/aromatic N) is 3. The van der Waals surface area contributed by atoms with Gasteiger partial charge in [-0.15, -0.1) is 0 Å². The van der Waals surface area contributed by atoms with E-state index in [9.17, 15) is 39.0 Å². The number of carbonyl (C=O) groups is 6. The molecule has 2 fully saturated rings.